The minimum Gasteiger partial charge on any atom is -0.444 e. The number of nitrogens with zero attached hydrogens (tertiary/aromatic N) is 5. The van der Waals surface area contributed by atoms with Crippen molar-refractivity contribution >= 4 is 17.7 Å². The van der Waals surface area contributed by atoms with Crippen LogP contribution in [0.1, 0.15) is 48.9 Å². The van der Waals surface area contributed by atoms with E-state index in [1.807, 2.05) is 0 Å². The molecule has 0 aliphatic rings. The number of alkyl halides is 4. The molecule has 3 aromatic heterocycles. The molecule has 0 radical (unpaired) electrons. The summed E-state index contributed by atoms with van der Waals surface area (Å²) < 4.78 is 74.4. The van der Waals surface area contributed by atoms with Gasteiger partial charge in [-0.25, -0.2) is 13.9 Å². The van der Waals surface area contributed by atoms with Crippen LogP contribution in [0.15, 0.2) is 41.6 Å². The van der Waals surface area contributed by atoms with E-state index < -0.39 is 46.9 Å². The van der Waals surface area contributed by atoms with Crippen molar-refractivity contribution in [1.82, 2.24) is 29.9 Å². The Bertz CT molecular complexity index is 1420. The second kappa shape index (κ2) is 12.2. The molecule has 11 nitrogen and oxygen atoms in total. The average molecular weight is 572 g/mol. The highest BCUT2D eigenvalue weighted by molar-refractivity contribution is 5.91. The van der Waals surface area contributed by atoms with Crippen LogP contribution in [0.2, 0.25) is 0 Å². The van der Waals surface area contributed by atoms with E-state index in [-0.39, 0.29) is 43.1 Å². The van der Waals surface area contributed by atoms with Crippen LogP contribution in [0.25, 0.3) is 0 Å². The van der Waals surface area contributed by atoms with Crippen molar-refractivity contribution in [1.29, 1.82) is 0 Å². The maximum atomic E-state index is 14.6. The predicted molar refractivity (Wildman–Crippen MR) is 130 cm³/mol. The van der Waals surface area contributed by atoms with Gasteiger partial charge in [0.15, 0.2) is 5.69 Å². The molecule has 3 heterocycles. The normalized spacial score (nSPS) is 12.6. The molecule has 0 saturated carbocycles. The van der Waals surface area contributed by atoms with Crippen LogP contribution in [0.5, 0.6) is 0 Å². The zero-order valence-electron chi connectivity index (χ0n) is 21.6. The molecule has 0 fully saturated rings. The fourth-order valence-electron chi connectivity index (χ4n) is 3.31. The number of aryl methyl sites for hydroxylation is 1. The molecule has 40 heavy (non-hydrogen) atoms. The van der Waals surface area contributed by atoms with Gasteiger partial charge in [-0.3, -0.25) is 19.9 Å². The highest BCUT2D eigenvalue weighted by Crippen LogP contribution is 2.29. The number of ether oxygens (including phenoxy) is 1. The number of carbonyl (C=O) groups is 2. The van der Waals surface area contributed by atoms with Crippen molar-refractivity contribution < 1.29 is 36.3 Å². The molecular weight excluding hydrogens is 545 g/mol. The van der Waals surface area contributed by atoms with Crippen molar-refractivity contribution in [3.05, 3.63) is 69.9 Å². The van der Waals surface area contributed by atoms with Crippen LogP contribution in [0.3, 0.4) is 0 Å². The number of anilines is 1. The molecule has 3 aromatic rings. The van der Waals surface area contributed by atoms with Gasteiger partial charge in [-0.15, -0.1) is 5.10 Å². The zero-order chi connectivity index (χ0) is 29.7. The molecule has 0 aliphatic heterocycles. The van der Waals surface area contributed by atoms with Gasteiger partial charge in [0.1, 0.15) is 11.8 Å². The Morgan fingerprint density at radius 1 is 1.18 bits per heavy atom. The number of halogens is 5. The summed E-state index contributed by atoms with van der Waals surface area (Å²) in [6, 6.07) is 2.74. The van der Waals surface area contributed by atoms with Gasteiger partial charge in [0.2, 0.25) is 5.82 Å². The number of carbonyl (C=O) groups excluding carboxylic acids is 2. The van der Waals surface area contributed by atoms with Gasteiger partial charge >= 0.3 is 12.3 Å². The summed E-state index contributed by atoms with van der Waals surface area (Å²) in [6.45, 7) is 4.00. The Hall–Kier alpha value is -4.37. The third-order valence-electron chi connectivity index (χ3n) is 5.16. The molecule has 2 amide bonds. The smallest absolute Gasteiger partial charge is 0.416 e. The zero-order valence-corrected chi connectivity index (χ0v) is 21.6. The standard InChI is InChI=1S/C24H26F5N7O4/c1-23(2,3)40-22(39)32-17-6-9-35(21(38)19(17)26)8-5-15(25)12-36-13-18(33-34-36)20(37)31-11-16-10-14(4-7-30-16)24(27,28)29/h4,6-7,9-10,13,15H,5,8,11-12H2,1-3H3,(H,31,37)(H,32,39). The number of hydrogen-bond acceptors (Lipinski definition) is 7. The summed E-state index contributed by atoms with van der Waals surface area (Å²) in [5.74, 6) is -2.00. The summed E-state index contributed by atoms with van der Waals surface area (Å²) >= 11 is 0. The van der Waals surface area contributed by atoms with Gasteiger partial charge in [0.05, 0.1) is 36.2 Å². The first-order chi connectivity index (χ1) is 18.6. The molecule has 2 N–H and O–H groups in total. The largest absolute Gasteiger partial charge is 0.444 e. The maximum absolute atomic E-state index is 14.6. The van der Waals surface area contributed by atoms with E-state index >= 15 is 0 Å². The van der Waals surface area contributed by atoms with Gasteiger partial charge < -0.3 is 14.6 Å². The quantitative estimate of drug-likeness (QED) is 0.374. The lowest BCUT2D eigenvalue weighted by molar-refractivity contribution is -0.137. The number of hydrogen-bond donors (Lipinski definition) is 2. The monoisotopic (exact) mass is 571 g/mol. The van der Waals surface area contributed by atoms with Crippen LogP contribution in [-0.2, 0) is 30.5 Å². The van der Waals surface area contributed by atoms with Crippen molar-refractivity contribution in [2.24, 2.45) is 0 Å². The fraction of sp³-hybridized carbons (Fsp3) is 0.417. The topological polar surface area (TPSA) is 133 Å². The van der Waals surface area contributed by atoms with Crippen LogP contribution >= 0.6 is 0 Å². The maximum Gasteiger partial charge on any atom is 0.416 e. The minimum atomic E-state index is -4.56. The Labute approximate surface area is 224 Å². The van der Waals surface area contributed by atoms with Crippen LogP contribution in [0, 0.1) is 5.82 Å². The van der Waals surface area contributed by atoms with Gasteiger partial charge in [-0.05, 0) is 45.4 Å². The van der Waals surface area contributed by atoms with E-state index in [0.717, 1.165) is 39.8 Å². The SMILES string of the molecule is CC(C)(C)OC(=O)Nc1ccn(CCC(F)Cn2cc(C(=O)NCc3cc(C(F)(F)F)ccn3)nn2)c(=O)c1F. The second-order valence-electron chi connectivity index (χ2n) is 9.60. The fourth-order valence-corrected chi connectivity index (χ4v) is 3.31. The lowest BCUT2D eigenvalue weighted by Crippen LogP contribution is -2.30. The van der Waals surface area contributed by atoms with Crippen molar-refractivity contribution in [2.45, 2.75) is 64.8 Å². The first-order valence-electron chi connectivity index (χ1n) is 11.9. The lowest BCUT2D eigenvalue weighted by atomic mass is 10.2. The molecule has 0 saturated heterocycles. The van der Waals surface area contributed by atoms with E-state index in [2.05, 4.69) is 25.9 Å². The van der Waals surface area contributed by atoms with Gasteiger partial charge in [0.25, 0.3) is 11.5 Å². The first-order valence-corrected chi connectivity index (χ1v) is 11.9. The minimum absolute atomic E-state index is 0.0280. The third kappa shape index (κ3) is 8.57. The first kappa shape index (κ1) is 30.2. The number of nitrogens with one attached hydrogen (secondary N) is 2. The Morgan fingerprint density at radius 3 is 2.58 bits per heavy atom. The van der Waals surface area contributed by atoms with E-state index in [1.165, 1.54) is 6.20 Å². The van der Waals surface area contributed by atoms with Crippen LogP contribution in [-0.4, -0.2) is 48.3 Å². The Kier molecular flexibility index (Phi) is 9.21. The van der Waals surface area contributed by atoms with Crippen LogP contribution < -0.4 is 16.2 Å². The lowest BCUT2D eigenvalue weighted by Gasteiger charge is -2.20. The van der Waals surface area contributed by atoms with Crippen molar-refractivity contribution in [3.8, 4) is 0 Å². The molecule has 0 aromatic carbocycles. The summed E-state index contributed by atoms with van der Waals surface area (Å²) in [5, 5.41) is 11.8. The predicted octanol–water partition coefficient (Wildman–Crippen LogP) is 3.70. The molecule has 0 bridgehead atoms. The molecule has 0 aliphatic carbocycles. The summed E-state index contributed by atoms with van der Waals surface area (Å²) in [6.07, 6.45) is -3.98. The van der Waals surface area contributed by atoms with Gasteiger partial charge in [-0.1, -0.05) is 5.21 Å². The molecule has 16 heteroatoms. The van der Waals surface area contributed by atoms with E-state index in [9.17, 15) is 36.3 Å². The number of pyridine rings is 2. The third-order valence-corrected chi connectivity index (χ3v) is 5.16. The van der Waals surface area contributed by atoms with E-state index in [0.29, 0.717) is 0 Å². The summed E-state index contributed by atoms with van der Waals surface area (Å²) in [5.41, 5.74) is -3.43. The number of rotatable bonds is 9. The second-order valence-corrected chi connectivity index (χ2v) is 9.60. The molecule has 216 valence electrons. The molecular formula is C24H26F5N7O4. The molecule has 1 unspecified atom stereocenters. The summed E-state index contributed by atoms with van der Waals surface area (Å²) in [4.78, 5) is 40.1. The Balaban J connectivity index is 1.51. The highest BCUT2D eigenvalue weighted by Gasteiger charge is 2.30. The van der Waals surface area contributed by atoms with E-state index in [4.69, 9.17) is 4.74 Å². The van der Waals surface area contributed by atoms with Gasteiger partial charge in [0, 0.05) is 18.9 Å². The van der Waals surface area contributed by atoms with Crippen molar-refractivity contribution in [2.75, 3.05) is 5.32 Å². The van der Waals surface area contributed by atoms with Gasteiger partial charge in [-0.2, -0.15) is 17.6 Å². The molecule has 1 atom stereocenters. The summed E-state index contributed by atoms with van der Waals surface area (Å²) in [7, 11) is 0. The molecule has 3 rings (SSSR count). The van der Waals surface area contributed by atoms with Crippen molar-refractivity contribution in [3.63, 3.8) is 0 Å². The highest BCUT2D eigenvalue weighted by atomic mass is 19.4. The number of amides is 2. The number of aromatic nitrogens is 5. The van der Waals surface area contributed by atoms with Crippen LogP contribution in [0.4, 0.5) is 32.4 Å². The van der Waals surface area contributed by atoms with E-state index in [1.54, 1.807) is 20.8 Å². The average Bonchev–Trinajstić information content (AvgIpc) is 3.32. The molecule has 0 spiro atoms. The Morgan fingerprint density at radius 2 is 1.90 bits per heavy atom.